The number of hydrogen-bond donors (Lipinski definition) is 1. The lowest BCUT2D eigenvalue weighted by Gasteiger charge is -2.32. The quantitative estimate of drug-likeness (QED) is 0.187. The maximum atomic E-state index is 14.1. The molecule has 0 heterocycles. The molecule has 0 unspecified atom stereocenters. The number of amides is 2. The minimum Gasteiger partial charge on any atom is -0.457 e. The Balaban J connectivity index is 1.65. The second-order valence-corrected chi connectivity index (χ2v) is 12.4. The van der Waals surface area contributed by atoms with Gasteiger partial charge in [0.1, 0.15) is 24.1 Å². The van der Waals surface area contributed by atoms with E-state index in [1.165, 1.54) is 17.0 Å². The molecule has 2 amide bonds. The molecule has 0 spiro atoms. The number of ether oxygens (including phenoxy) is 1. The van der Waals surface area contributed by atoms with Gasteiger partial charge in [0, 0.05) is 12.6 Å². The monoisotopic (exact) mass is 613 g/mol. The highest BCUT2D eigenvalue weighted by Crippen LogP contribution is 2.28. The Kier molecular flexibility index (Phi) is 11.2. The molecule has 9 heteroatoms. The summed E-state index contributed by atoms with van der Waals surface area (Å²) in [6.07, 6.45) is 1.24. The Morgan fingerprint density at radius 2 is 1.32 bits per heavy atom. The van der Waals surface area contributed by atoms with E-state index in [2.05, 4.69) is 5.32 Å². The van der Waals surface area contributed by atoms with Crippen molar-refractivity contribution in [1.82, 2.24) is 10.2 Å². The summed E-state index contributed by atoms with van der Waals surface area (Å²) in [5, 5.41) is 2.95. The molecule has 2 atom stereocenters. The van der Waals surface area contributed by atoms with Crippen molar-refractivity contribution in [1.29, 1.82) is 0 Å². The molecule has 4 rings (SSSR count). The lowest BCUT2D eigenvalue weighted by atomic mass is 10.1. The number of rotatable bonds is 14. The van der Waals surface area contributed by atoms with Crippen LogP contribution in [0.4, 0.5) is 5.69 Å². The minimum absolute atomic E-state index is 0.0517. The highest BCUT2D eigenvalue weighted by Gasteiger charge is 2.32. The van der Waals surface area contributed by atoms with Gasteiger partial charge in [0.05, 0.1) is 10.6 Å². The summed E-state index contributed by atoms with van der Waals surface area (Å²) in [7, 11) is -4.15. The van der Waals surface area contributed by atoms with Crippen molar-refractivity contribution >= 4 is 27.5 Å². The van der Waals surface area contributed by atoms with E-state index in [1.54, 1.807) is 49.4 Å². The highest BCUT2D eigenvalue weighted by molar-refractivity contribution is 7.92. The zero-order valence-electron chi connectivity index (χ0n) is 25.3. The van der Waals surface area contributed by atoms with Crippen LogP contribution in [0.3, 0.4) is 0 Å². The number of carbonyl (C=O) groups is 2. The molecule has 0 bridgehead atoms. The van der Waals surface area contributed by atoms with Crippen molar-refractivity contribution in [3.05, 3.63) is 121 Å². The maximum Gasteiger partial charge on any atom is 0.264 e. The van der Waals surface area contributed by atoms with Gasteiger partial charge in [0.25, 0.3) is 10.0 Å². The third kappa shape index (κ3) is 8.48. The molecule has 0 aliphatic rings. The van der Waals surface area contributed by atoms with E-state index >= 15 is 0 Å². The van der Waals surface area contributed by atoms with Gasteiger partial charge in [0.2, 0.25) is 11.8 Å². The van der Waals surface area contributed by atoms with Crippen LogP contribution in [0.25, 0.3) is 0 Å². The fraction of sp³-hybridized carbons (Fsp3) is 0.257. The standard InChI is InChI=1S/C35H39N3O5S/c1-4-27(2)36-35(40)28(3)37(25-24-29-14-8-5-9-15-29)34(39)26-38(44(41,42)33-18-12-7-13-19-33)30-20-22-32(23-21-30)43-31-16-10-6-11-17-31/h5-23,27-28H,4,24-26H2,1-3H3,(H,36,40)/t27-,28+/m0/s1. The maximum absolute atomic E-state index is 14.1. The summed E-state index contributed by atoms with van der Waals surface area (Å²) in [6.45, 7) is 5.29. The Morgan fingerprint density at radius 3 is 1.91 bits per heavy atom. The average molecular weight is 614 g/mol. The number of sulfonamides is 1. The molecular weight excluding hydrogens is 574 g/mol. The Labute approximate surface area is 260 Å². The molecule has 44 heavy (non-hydrogen) atoms. The third-order valence-corrected chi connectivity index (χ3v) is 9.15. The van der Waals surface area contributed by atoms with Crippen LogP contribution < -0.4 is 14.4 Å². The lowest BCUT2D eigenvalue weighted by molar-refractivity contribution is -0.139. The van der Waals surface area contributed by atoms with Crippen molar-refractivity contribution in [2.45, 2.75) is 50.6 Å². The normalized spacial score (nSPS) is 12.5. The summed E-state index contributed by atoms with van der Waals surface area (Å²) in [6, 6.07) is 32.6. The van der Waals surface area contributed by atoms with E-state index < -0.39 is 28.5 Å². The van der Waals surface area contributed by atoms with E-state index in [0.29, 0.717) is 23.6 Å². The van der Waals surface area contributed by atoms with Crippen LogP contribution >= 0.6 is 0 Å². The molecule has 4 aromatic carbocycles. The van der Waals surface area contributed by atoms with Gasteiger partial charge < -0.3 is 15.0 Å². The van der Waals surface area contributed by atoms with Gasteiger partial charge in [-0.2, -0.15) is 0 Å². The van der Waals surface area contributed by atoms with Gasteiger partial charge in [-0.15, -0.1) is 0 Å². The number of benzene rings is 4. The van der Waals surface area contributed by atoms with Crippen LogP contribution in [0.15, 0.2) is 120 Å². The summed E-state index contributed by atoms with van der Waals surface area (Å²) >= 11 is 0. The van der Waals surface area contributed by atoms with Gasteiger partial charge in [-0.3, -0.25) is 13.9 Å². The molecule has 0 aliphatic heterocycles. The molecule has 0 saturated heterocycles. The van der Waals surface area contributed by atoms with Crippen molar-refractivity contribution in [2.75, 3.05) is 17.4 Å². The van der Waals surface area contributed by atoms with Crippen molar-refractivity contribution < 1.29 is 22.7 Å². The third-order valence-electron chi connectivity index (χ3n) is 7.37. The van der Waals surface area contributed by atoms with Gasteiger partial charge >= 0.3 is 0 Å². The first-order valence-corrected chi connectivity index (χ1v) is 16.2. The first-order valence-electron chi connectivity index (χ1n) is 14.7. The highest BCUT2D eigenvalue weighted by atomic mass is 32.2. The molecule has 0 aromatic heterocycles. The fourth-order valence-corrected chi connectivity index (χ4v) is 6.02. The zero-order valence-corrected chi connectivity index (χ0v) is 26.1. The van der Waals surface area contributed by atoms with Crippen LogP contribution in [0.1, 0.15) is 32.8 Å². The molecule has 8 nitrogen and oxygen atoms in total. The van der Waals surface area contributed by atoms with E-state index in [9.17, 15) is 18.0 Å². The molecule has 1 N–H and O–H groups in total. The molecule has 0 saturated carbocycles. The van der Waals surface area contributed by atoms with Crippen molar-refractivity contribution in [2.24, 2.45) is 0 Å². The second-order valence-electron chi connectivity index (χ2n) is 10.6. The van der Waals surface area contributed by atoms with Crippen molar-refractivity contribution in [3.8, 4) is 11.5 Å². The number of anilines is 1. The van der Waals surface area contributed by atoms with Crippen LogP contribution in [-0.4, -0.2) is 50.3 Å². The first kappa shape index (κ1) is 32.3. The van der Waals surface area contributed by atoms with Crippen LogP contribution in [0.2, 0.25) is 0 Å². The molecule has 0 fully saturated rings. The first-order chi connectivity index (χ1) is 21.2. The summed E-state index contributed by atoms with van der Waals surface area (Å²) in [5.41, 5.74) is 1.30. The van der Waals surface area contributed by atoms with E-state index in [-0.39, 0.29) is 23.4 Å². The van der Waals surface area contributed by atoms with Crippen LogP contribution in [0.5, 0.6) is 11.5 Å². The zero-order chi connectivity index (χ0) is 31.5. The summed E-state index contributed by atoms with van der Waals surface area (Å²) in [5.74, 6) is 0.378. The van der Waals surface area contributed by atoms with E-state index in [1.807, 2.05) is 74.5 Å². The minimum atomic E-state index is -4.15. The van der Waals surface area contributed by atoms with Crippen molar-refractivity contribution in [3.63, 3.8) is 0 Å². The average Bonchev–Trinajstić information content (AvgIpc) is 3.05. The van der Waals surface area contributed by atoms with Gasteiger partial charge in [0.15, 0.2) is 0 Å². The summed E-state index contributed by atoms with van der Waals surface area (Å²) in [4.78, 5) is 28.7. The molecule has 0 radical (unpaired) electrons. The van der Waals surface area contributed by atoms with Crippen LogP contribution in [-0.2, 0) is 26.0 Å². The number of carbonyl (C=O) groups excluding carboxylic acids is 2. The Hall–Kier alpha value is -4.63. The molecule has 0 aliphatic carbocycles. The number of para-hydroxylation sites is 1. The number of hydrogen-bond acceptors (Lipinski definition) is 5. The van der Waals surface area contributed by atoms with E-state index in [4.69, 9.17) is 4.74 Å². The SMILES string of the molecule is CC[C@H](C)NC(=O)[C@@H](C)N(CCc1ccccc1)C(=O)CN(c1ccc(Oc2ccccc2)cc1)S(=O)(=O)c1ccccc1. The Bertz CT molecular complexity index is 1600. The Morgan fingerprint density at radius 1 is 0.773 bits per heavy atom. The lowest BCUT2D eigenvalue weighted by Crippen LogP contribution is -2.53. The fourth-order valence-electron chi connectivity index (χ4n) is 4.59. The predicted octanol–water partition coefficient (Wildman–Crippen LogP) is 6.05. The van der Waals surface area contributed by atoms with Gasteiger partial charge in [-0.25, -0.2) is 8.42 Å². The molecule has 4 aromatic rings. The topological polar surface area (TPSA) is 96.0 Å². The van der Waals surface area contributed by atoms with Crippen LogP contribution in [0, 0.1) is 0 Å². The largest absolute Gasteiger partial charge is 0.457 e. The van der Waals surface area contributed by atoms with Gasteiger partial charge in [-0.05, 0) is 80.8 Å². The summed E-state index contributed by atoms with van der Waals surface area (Å²) < 4.78 is 34.9. The number of nitrogens with zero attached hydrogens (tertiary/aromatic N) is 2. The second kappa shape index (κ2) is 15.2. The van der Waals surface area contributed by atoms with Gasteiger partial charge in [-0.1, -0.05) is 73.7 Å². The smallest absolute Gasteiger partial charge is 0.264 e. The molecule has 230 valence electrons. The number of nitrogens with one attached hydrogen (secondary N) is 1. The van der Waals surface area contributed by atoms with E-state index in [0.717, 1.165) is 16.3 Å². The predicted molar refractivity (Wildman–Crippen MR) is 173 cm³/mol. The molecular formula is C35H39N3O5S.